The van der Waals surface area contributed by atoms with E-state index in [4.69, 9.17) is 0 Å². The van der Waals surface area contributed by atoms with Gasteiger partial charge in [-0.25, -0.2) is 0 Å². The Hall–Kier alpha value is -0.120. The first kappa shape index (κ1) is 9.44. The third-order valence-corrected chi connectivity index (χ3v) is 3.25. The summed E-state index contributed by atoms with van der Waals surface area (Å²) >= 11 is 0. The van der Waals surface area contributed by atoms with Gasteiger partial charge in [0.25, 0.3) is 0 Å². The first-order chi connectivity index (χ1) is 6.36. The summed E-state index contributed by atoms with van der Waals surface area (Å²) in [4.78, 5) is 0. The molecule has 0 spiro atoms. The topological polar surface area (TPSA) is 44.3 Å². The van der Waals surface area contributed by atoms with Crippen LogP contribution in [0.2, 0.25) is 0 Å². The van der Waals surface area contributed by atoms with E-state index >= 15 is 0 Å². The van der Waals surface area contributed by atoms with E-state index in [0.29, 0.717) is 6.04 Å². The average Bonchev–Trinajstić information content (AvgIpc) is 2.61. The van der Waals surface area contributed by atoms with Gasteiger partial charge in [-0.05, 0) is 25.8 Å². The maximum atomic E-state index is 9.73. The van der Waals surface area contributed by atoms with E-state index < -0.39 is 0 Å². The fraction of sp³-hybridized carbons (Fsp3) is 1.00. The molecule has 2 rings (SSSR count). The molecule has 3 heteroatoms. The molecule has 76 valence electrons. The third kappa shape index (κ3) is 2.42. The van der Waals surface area contributed by atoms with Gasteiger partial charge in [0.15, 0.2) is 0 Å². The van der Waals surface area contributed by atoms with E-state index in [9.17, 15) is 5.11 Å². The molecule has 2 aliphatic rings. The van der Waals surface area contributed by atoms with Crippen LogP contribution in [0.25, 0.3) is 0 Å². The summed E-state index contributed by atoms with van der Waals surface area (Å²) in [6.45, 7) is 1.89. The van der Waals surface area contributed by atoms with Crippen molar-refractivity contribution in [1.29, 1.82) is 0 Å². The minimum Gasteiger partial charge on any atom is -0.391 e. The largest absolute Gasteiger partial charge is 0.391 e. The van der Waals surface area contributed by atoms with E-state index in [1.54, 1.807) is 0 Å². The van der Waals surface area contributed by atoms with Crippen LogP contribution in [-0.2, 0) is 0 Å². The van der Waals surface area contributed by atoms with E-state index in [2.05, 4.69) is 10.6 Å². The highest BCUT2D eigenvalue weighted by atomic mass is 16.3. The number of aliphatic hydroxyl groups is 1. The second-order valence-electron chi connectivity index (χ2n) is 4.31. The maximum absolute atomic E-state index is 9.73. The maximum Gasteiger partial charge on any atom is 0.0717 e. The summed E-state index contributed by atoms with van der Waals surface area (Å²) in [7, 11) is 0. The molecule has 2 fully saturated rings. The molecule has 0 amide bonds. The van der Waals surface area contributed by atoms with Crippen molar-refractivity contribution in [1.82, 2.24) is 10.6 Å². The van der Waals surface area contributed by atoms with Crippen molar-refractivity contribution in [2.75, 3.05) is 13.1 Å². The van der Waals surface area contributed by atoms with Crippen LogP contribution >= 0.6 is 0 Å². The van der Waals surface area contributed by atoms with Crippen molar-refractivity contribution in [3.63, 3.8) is 0 Å². The van der Waals surface area contributed by atoms with Gasteiger partial charge in [0.05, 0.1) is 6.10 Å². The zero-order valence-electron chi connectivity index (χ0n) is 8.13. The first-order valence-electron chi connectivity index (χ1n) is 5.51. The van der Waals surface area contributed by atoms with E-state index in [0.717, 1.165) is 19.5 Å². The second-order valence-corrected chi connectivity index (χ2v) is 4.31. The van der Waals surface area contributed by atoms with Gasteiger partial charge in [-0.2, -0.15) is 0 Å². The number of rotatable bonds is 2. The van der Waals surface area contributed by atoms with Gasteiger partial charge < -0.3 is 15.7 Å². The van der Waals surface area contributed by atoms with Crippen LogP contribution in [0.1, 0.15) is 32.1 Å². The van der Waals surface area contributed by atoms with Crippen LogP contribution in [0.3, 0.4) is 0 Å². The summed E-state index contributed by atoms with van der Waals surface area (Å²) in [6.07, 6.45) is 6.06. The summed E-state index contributed by atoms with van der Waals surface area (Å²) in [5.74, 6) is 0. The Morgan fingerprint density at radius 2 is 1.92 bits per heavy atom. The minimum absolute atomic E-state index is 0.137. The highest BCUT2D eigenvalue weighted by Gasteiger charge is 2.26. The molecule has 1 aliphatic carbocycles. The van der Waals surface area contributed by atoms with E-state index in [-0.39, 0.29) is 12.1 Å². The van der Waals surface area contributed by atoms with E-state index in [1.807, 2.05) is 0 Å². The van der Waals surface area contributed by atoms with Crippen molar-refractivity contribution in [3.05, 3.63) is 0 Å². The summed E-state index contributed by atoms with van der Waals surface area (Å²) in [6, 6.07) is 0.955. The van der Waals surface area contributed by atoms with Crippen molar-refractivity contribution in [2.45, 2.75) is 50.3 Å². The molecular weight excluding hydrogens is 164 g/mol. The third-order valence-electron chi connectivity index (χ3n) is 3.25. The van der Waals surface area contributed by atoms with Crippen LogP contribution in [0.4, 0.5) is 0 Å². The molecule has 0 radical (unpaired) electrons. The number of aliphatic hydroxyl groups excluding tert-OH is 1. The molecule has 2 unspecified atom stereocenters. The standard InChI is InChI=1S/C10H20N2O/c13-10-5-6-11-7-9(10)12-8-3-1-2-4-8/h8-13H,1-7H2. The molecule has 3 N–H and O–H groups in total. The molecule has 1 saturated heterocycles. The van der Waals surface area contributed by atoms with Gasteiger partial charge in [-0.3, -0.25) is 0 Å². The summed E-state index contributed by atoms with van der Waals surface area (Å²) < 4.78 is 0. The molecule has 13 heavy (non-hydrogen) atoms. The van der Waals surface area contributed by atoms with Crippen LogP contribution in [-0.4, -0.2) is 36.4 Å². The van der Waals surface area contributed by atoms with Gasteiger partial charge >= 0.3 is 0 Å². The van der Waals surface area contributed by atoms with Gasteiger partial charge in [0.1, 0.15) is 0 Å². The molecule has 1 aliphatic heterocycles. The van der Waals surface area contributed by atoms with Crippen molar-refractivity contribution >= 4 is 0 Å². The number of hydrogen-bond acceptors (Lipinski definition) is 3. The fourth-order valence-electron chi connectivity index (χ4n) is 2.41. The first-order valence-corrected chi connectivity index (χ1v) is 5.51. The Balaban J connectivity index is 1.78. The summed E-state index contributed by atoms with van der Waals surface area (Å²) in [5.41, 5.74) is 0. The molecule has 0 bridgehead atoms. The van der Waals surface area contributed by atoms with Crippen molar-refractivity contribution in [3.8, 4) is 0 Å². The second kappa shape index (κ2) is 4.40. The summed E-state index contributed by atoms with van der Waals surface area (Å²) in [5, 5.41) is 16.6. The zero-order valence-corrected chi connectivity index (χ0v) is 8.13. The van der Waals surface area contributed by atoms with Gasteiger partial charge in [0, 0.05) is 18.6 Å². The Bertz CT molecular complexity index is 157. The van der Waals surface area contributed by atoms with Crippen molar-refractivity contribution < 1.29 is 5.11 Å². The zero-order chi connectivity index (χ0) is 9.10. The number of piperidine rings is 1. The monoisotopic (exact) mass is 184 g/mol. The minimum atomic E-state index is -0.137. The normalized spacial score (nSPS) is 36.7. The number of hydrogen-bond donors (Lipinski definition) is 3. The molecule has 2 atom stereocenters. The van der Waals surface area contributed by atoms with Crippen LogP contribution in [0, 0.1) is 0 Å². The lowest BCUT2D eigenvalue weighted by atomic mass is 10.0. The molecule has 1 heterocycles. The lowest BCUT2D eigenvalue weighted by molar-refractivity contribution is 0.0934. The predicted octanol–water partition coefficient (Wildman–Crippen LogP) is 0.241. The SMILES string of the molecule is OC1CCNCC1NC1CCCC1. The molecule has 0 aromatic rings. The fourth-order valence-corrected chi connectivity index (χ4v) is 2.41. The van der Waals surface area contributed by atoms with Crippen molar-refractivity contribution in [2.24, 2.45) is 0 Å². The molecule has 0 aromatic carbocycles. The van der Waals surface area contributed by atoms with Crippen LogP contribution in [0.5, 0.6) is 0 Å². The Labute approximate surface area is 79.9 Å². The highest BCUT2D eigenvalue weighted by molar-refractivity contribution is 4.87. The highest BCUT2D eigenvalue weighted by Crippen LogP contribution is 2.19. The van der Waals surface area contributed by atoms with Gasteiger partial charge in [0.2, 0.25) is 0 Å². The van der Waals surface area contributed by atoms with Gasteiger partial charge in [-0.1, -0.05) is 12.8 Å². The van der Waals surface area contributed by atoms with Gasteiger partial charge in [-0.15, -0.1) is 0 Å². The number of nitrogens with one attached hydrogen (secondary N) is 2. The Morgan fingerprint density at radius 1 is 1.15 bits per heavy atom. The molecule has 3 nitrogen and oxygen atoms in total. The molecule has 1 saturated carbocycles. The lowest BCUT2D eigenvalue weighted by Gasteiger charge is -2.31. The average molecular weight is 184 g/mol. The quantitative estimate of drug-likeness (QED) is 0.576. The Morgan fingerprint density at radius 3 is 2.62 bits per heavy atom. The predicted molar refractivity (Wildman–Crippen MR) is 52.7 cm³/mol. The van der Waals surface area contributed by atoms with Crippen LogP contribution < -0.4 is 10.6 Å². The van der Waals surface area contributed by atoms with E-state index in [1.165, 1.54) is 25.7 Å². The molecular formula is C10H20N2O. The lowest BCUT2D eigenvalue weighted by Crippen LogP contribution is -2.54. The van der Waals surface area contributed by atoms with Crippen LogP contribution in [0.15, 0.2) is 0 Å². The smallest absolute Gasteiger partial charge is 0.0717 e. The Kier molecular flexibility index (Phi) is 3.19. The molecule has 0 aromatic heterocycles.